The van der Waals surface area contributed by atoms with E-state index in [0.717, 1.165) is 156 Å². The summed E-state index contributed by atoms with van der Waals surface area (Å²) in [4.78, 5) is 81.7. The lowest BCUT2D eigenvalue weighted by Crippen LogP contribution is -2.44. The summed E-state index contributed by atoms with van der Waals surface area (Å²) in [6, 6.07) is 33.7. The van der Waals surface area contributed by atoms with Gasteiger partial charge in [0.25, 0.3) is 30.4 Å². The number of carbonyl (C=O) groups excluding carboxylic acids is 7. The molecule has 0 aromatic heterocycles. The van der Waals surface area contributed by atoms with Gasteiger partial charge < -0.3 is 73.3 Å². The molecule has 8 aliphatic carbocycles. The Kier molecular flexibility index (Phi) is 69.0. The van der Waals surface area contributed by atoms with Gasteiger partial charge in [-0.1, -0.05) is 223 Å². The molecule has 8 aliphatic rings. The van der Waals surface area contributed by atoms with Crippen LogP contribution in [0.25, 0.3) is 0 Å². The Labute approximate surface area is 897 Å². The molecule has 5 aromatic carbocycles. The van der Waals surface area contributed by atoms with Gasteiger partial charge in [-0.2, -0.15) is 25.3 Å². The zero-order valence-electron chi connectivity index (χ0n) is 89.0. The fraction of sp³-hybridized carbons (Fsp3) is 0.661. The molecule has 834 valence electrons. The minimum absolute atomic E-state index is 0. The van der Waals surface area contributed by atoms with Crippen LogP contribution in [-0.2, 0) is 103 Å². The zero-order chi connectivity index (χ0) is 106. The van der Waals surface area contributed by atoms with Crippen molar-refractivity contribution < 1.29 is 106 Å². The maximum Gasteiger partial charge on any atom is 0.327 e. The largest absolute Gasteiger partial charge is 0.461 e. The molecule has 10 atom stereocenters. The molecule has 0 aliphatic heterocycles. The van der Waals surface area contributed by atoms with Gasteiger partial charge in [-0.25, -0.2) is 4.79 Å². The molecule has 30 nitrogen and oxygen atoms in total. The molecule has 0 spiro atoms. The third-order valence-corrected chi connectivity index (χ3v) is 29.0. The third-order valence-electron chi connectivity index (χ3n) is 26.4. The summed E-state index contributed by atoms with van der Waals surface area (Å²) in [5.74, 6) is 1.46. The van der Waals surface area contributed by atoms with E-state index in [9.17, 15) is 58.8 Å². The number of aryl methyl sites for hydroxylation is 3. The van der Waals surface area contributed by atoms with Crippen LogP contribution in [0.1, 0.15) is 335 Å². The quantitative estimate of drug-likeness (QED) is 0.0133. The van der Waals surface area contributed by atoms with Crippen LogP contribution in [0.15, 0.2) is 148 Å². The maximum atomic E-state index is 12.1. The average molecular weight is 2190 g/mol. The molecule has 0 bridgehead atoms. The lowest BCUT2D eigenvalue weighted by molar-refractivity contribution is -0.158. The van der Waals surface area contributed by atoms with Gasteiger partial charge >= 0.3 is 41.8 Å². The highest BCUT2D eigenvalue weighted by Gasteiger charge is 2.37. The number of rotatable bonds is 27. The zero-order valence-corrected chi connectivity index (χ0v) is 94.7. The van der Waals surface area contributed by atoms with E-state index in [1.54, 1.807) is 36.4 Å². The first kappa shape index (κ1) is 139. The number of benzene rings is 5. The average Bonchev–Trinajstić information content (AvgIpc) is 0.907. The molecule has 0 amide bonds. The number of nitrogens with two attached hydrogens (primary N) is 7. The first-order valence-electron chi connectivity index (χ1n) is 51.7. The highest BCUT2D eigenvalue weighted by Crippen LogP contribution is 2.37. The van der Waals surface area contributed by atoms with Crippen molar-refractivity contribution in [1.82, 2.24) is 0 Å². The third kappa shape index (κ3) is 57.5. The predicted molar refractivity (Wildman–Crippen MR) is 584 cm³/mol. The van der Waals surface area contributed by atoms with E-state index in [1.165, 1.54) is 113 Å². The number of halogens is 4. The topological polar surface area (TPSA) is 529 Å². The van der Waals surface area contributed by atoms with Crippen molar-refractivity contribution in [2.75, 3.05) is 0 Å². The SMILES string of the molecule is CC(C)(C)[C@H](N)C(=O)OC1CCCC1.CC(C)C[C@H](N)C(=O)OC1CCCC1.CC(C)C[C@H](N)C(=O)OC1C[C@@H](C)CC[C@@H]1C(C)C.CC(C)[C@H](N)C(=O)OC1CCCC1.Cc1ccc(S(=O)(=O)O)cc1.Cc1ccc(S(=O)(=O)O)cc1.Cc1ccc(S(=O)(=O)O)cc1.Cl.Cl.Cl.Cl.N[C@@H](Cc1ccccc1)C(=O)OC1CCCC1.N[C@H](C(=O)OC1CCCC1)C1CCCCC1.N[C@H](C(=O)OC1CCCC1)c1ccccc1. The molecule has 146 heavy (non-hydrogen) atoms. The standard InChI is InChI=1S/C16H31NO2.C14H19NO2.C13H23NO2.C13H17NO2.2C11H21NO2.C10H19NO2.3C7H8O3S.4ClH/c1-10(2)8-14(17)16(18)19-15-9-12(5)6-7-13(15)11(3)4;15-13(10-11-6-2-1-3-7-11)14(16)17-12-8-4-5-9-12;2*14-12(10-6-2-1-3-7-10)13(15)16-11-8-4-5-9-11;1-11(2,3)9(12)10(13)14-8-6-4-5-7-8;1-8(2)7-10(12)11(13)14-9-5-3-4-6-9;1-7(2)9(11)10(12)13-8-5-3-4-6-8;3*1-6-2-4-7(5-3-6)11(8,9)10;;;;/h10-15H,6-9,17H2,1-5H3;1-3,6-7,12-13H,4-5,8-10,15H2;10-12H,1-9,14H2;1-3,6-7,11-12H,4-5,8-9,14H2;8-9H,4-7,12H2,1-3H3;8-10H,3-7,12H2,1-2H3;7-9H,3-6,11H2,1-2H3;3*2-5H,1H3,(H,8,9,10);4*1H/t12-,13+,14-,15?;13-;2*12-;9-;10-;9-;;;;;;;/m0000100......./s1. The summed E-state index contributed by atoms with van der Waals surface area (Å²) in [6.07, 6.45) is 38.2. The highest BCUT2D eigenvalue weighted by atomic mass is 35.5. The van der Waals surface area contributed by atoms with Gasteiger partial charge in [0.05, 0.1) is 14.7 Å². The predicted octanol–water partition coefficient (Wildman–Crippen LogP) is 20.5. The molecule has 37 heteroatoms. The van der Waals surface area contributed by atoms with Crippen LogP contribution in [-0.4, -0.2) is 160 Å². The van der Waals surface area contributed by atoms with E-state index in [0.29, 0.717) is 54.8 Å². The van der Waals surface area contributed by atoms with Crippen molar-refractivity contribution in [3.05, 3.63) is 161 Å². The lowest BCUT2D eigenvalue weighted by Gasteiger charge is -2.37. The second-order valence-electron chi connectivity index (χ2n) is 41.9. The molecular formula is C109H179Cl4N7O23S3. The summed E-state index contributed by atoms with van der Waals surface area (Å²) in [6.45, 7) is 30.2. The van der Waals surface area contributed by atoms with Gasteiger partial charge in [0.15, 0.2) is 0 Å². The molecule has 1 unspecified atom stereocenters. The summed E-state index contributed by atoms with van der Waals surface area (Å²) >= 11 is 0. The minimum Gasteiger partial charge on any atom is -0.461 e. The second-order valence-corrected chi connectivity index (χ2v) is 46.2. The van der Waals surface area contributed by atoms with Gasteiger partial charge in [-0.3, -0.25) is 42.4 Å². The molecule has 0 heterocycles. The van der Waals surface area contributed by atoms with Crippen LogP contribution in [0.5, 0.6) is 0 Å². The Morgan fingerprint density at radius 2 is 0.637 bits per heavy atom. The van der Waals surface area contributed by atoms with Crippen molar-refractivity contribution in [3.8, 4) is 0 Å². The smallest absolute Gasteiger partial charge is 0.327 e. The Morgan fingerprint density at radius 1 is 0.349 bits per heavy atom. The van der Waals surface area contributed by atoms with Crippen LogP contribution in [0.3, 0.4) is 0 Å². The first-order valence-corrected chi connectivity index (χ1v) is 56.0. The first-order chi connectivity index (χ1) is 66.7. The lowest BCUT2D eigenvalue weighted by atomic mass is 9.75. The van der Waals surface area contributed by atoms with E-state index in [2.05, 4.69) is 48.5 Å². The number of hydrogen-bond donors (Lipinski definition) is 10. The number of hydrogen-bond acceptors (Lipinski definition) is 27. The van der Waals surface area contributed by atoms with Gasteiger partial charge in [-0.05, 0) is 314 Å². The number of ether oxygens (including phenoxy) is 7. The summed E-state index contributed by atoms with van der Waals surface area (Å²) in [7, 11) is -12.1. The minimum atomic E-state index is -4.02. The maximum absolute atomic E-state index is 12.1. The number of carbonyl (C=O) groups is 7. The van der Waals surface area contributed by atoms with Crippen LogP contribution in [0, 0.1) is 67.6 Å². The van der Waals surface area contributed by atoms with Crippen molar-refractivity contribution in [3.63, 3.8) is 0 Å². The Hall–Kier alpha value is -7.00. The van der Waals surface area contributed by atoms with Gasteiger partial charge in [-0.15, -0.1) is 49.6 Å². The van der Waals surface area contributed by atoms with Crippen molar-refractivity contribution in [1.29, 1.82) is 0 Å². The Balaban J connectivity index is 0.00000160. The van der Waals surface area contributed by atoms with Gasteiger partial charge in [0.2, 0.25) is 0 Å². The molecular weight excluding hydrogens is 2010 g/mol. The van der Waals surface area contributed by atoms with E-state index in [4.69, 9.17) is 87.0 Å². The molecule has 8 saturated carbocycles. The van der Waals surface area contributed by atoms with Gasteiger partial charge in [0.1, 0.15) is 85.0 Å². The molecule has 0 saturated heterocycles. The highest BCUT2D eigenvalue weighted by molar-refractivity contribution is 7.86. The summed E-state index contributed by atoms with van der Waals surface area (Å²) < 4.78 is 127. The molecule has 13 rings (SSSR count). The van der Waals surface area contributed by atoms with E-state index in [-0.39, 0.29) is 166 Å². The van der Waals surface area contributed by atoms with Crippen LogP contribution in [0.4, 0.5) is 0 Å². The van der Waals surface area contributed by atoms with Crippen molar-refractivity contribution in [2.45, 2.75) is 428 Å². The molecule has 0 radical (unpaired) electrons. The fourth-order valence-corrected chi connectivity index (χ4v) is 18.8. The Bertz CT molecular complexity index is 4630. The van der Waals surface area contributed by atoms with E-state index in [1.807, 2.05) is 116 Å². The summed E-state index contributed by atoms with van der Waals surface area (Å²) in [5, 5.41) is 0. The molecule has 17 N–H and O–H groups in total. The molecule has 8 fully saturated rings. The van der Waals surface area contributed by atoms with Gasteiger partial charge in [0, 0.05) is 0 Å². The van der Waals surface area contributed by atoms with Crippen molar-refractivity contribution in [2.24, 2.45) is 87.0 Å². The monoisotopic (exact) mass is 2190 g/mol. The second kappa shape index (κ2) is 72.5. The van der Waals surface area contributed by atoms with E-state index < -0.39 is 66.6 Å². The normalized spacial score (nSPS) is 19.1. The molecule has 5 aromatic rings. The van der Waals surface area contributed by atoms with E-state index >= 15 is 0 Å². The van der Waals surface area contributed by atoms with Crippen LogP contribution < -0.4 is 40.1 Å². The fourth-order valence-electron chi connectivity index (χ4n) is 17.4. The van der Waals surface area contributed by atoms with Crippen LogP contribution >= 0.6 is 49.6 Å². The Morgan fingerprint density at radius 3 is 0.945 bits per heavy atom. The van der Waals surface area contributed by atoms with Crippen molar-refractivity contribution >= 4 is 122 Å². The summed E-state index contributed by atoms with van der Waals surface area (Å²) in [5.41, 5.74) is 45.3. The number of esters is 7. The van der Waals surface area contributed by atoms with Crippen LogP contribution in [0.2, 0.25) is 0 Å².